The molecule has 0 saturated heterocycles. The largest absolute Gasteiger partial charge is 0.275 e. The molecule has 0 radical (unpaired) electrons. The van der Waals surface area contributed by atoms with Gasteiger partial charge in [0.2, 0.25) is 0 Å². The second-order valence-electron chi connectivity index (χ2n) is 2.25. The molecule has 66 valence electrons. The number of rotatable bonds is 1. The zero-order valence-electron chi connectivity index (χ0n) is 5.98. The molecular weight excluding hydrogens is 209 g/mol. The van der Waals surface area contributed by atoms with Crippen LogP contribution in [-0.4, -0.2) is 10.2 Å². The first-order chi connectivity index (χ1) is 5.43. The smallest absolute Gasteiger partial charge is 0.202 e. The monoisotopic (exact) mass is 212 g/mol. The van der Waals surface area contributed by atoms with Crippen LogP contribution in [0.3, 0.4) is 0 Å². The van der Waals surface area contributed by atoms with Gasteiger partial charge in [-0.15, -0.1) is 5.10 Å². The minimum Gasteiger partial charge on any atom is -0.202 e. The Morgan fingerprint density at radius 3 is 2.33 bits per heavy atom. The van der Waals surface area contributed by atoms with E-state index in [9.17, 15) is 8.78 Å². The zero-order chi connectivity index (χ0) is 9.35. The quantitative estimate of drug-likeness (QED) is 0.716. The van der Waals surface area contributed by atoms with Gasteiger partial charge in [0.05, 0.1) is 16.8 Å². The maximum Gasteiger partial charge on any atom is 0.275 e. The van der Waals surface area contributed by atoms with Gasteiger partial charge in [-0.3, -0.25) is 0 Å². The fourth-order valence-electron chi connectivity index (χ4n) is 0.734. The molecule has 0 N–H and O–H groups in total. The molecule has 1 aromatic heterocycles. The number of alkyl halides is 2. The number of hydrogen-bond donors (Lipinski definition) is 0. The standard InChI is InChI=1S/C6H4Cl2F2N2/c1-6(9,10)4-3(7)2-11-12-5(4)8/h2H,1H3. The summed E-state index contributed by atoms with van der Waals surface area (Å²) < 4.78 is 25.5. The van der Waals surface area contributed by atoms with E-state index in [2.05, 4.69) is 10.2 Å². The molecule has 0 amide bonds. The van der Waals surface area contributed by atoms with Gasteiger partial charge in [0.25, 0.3) is 5.92 Å². The molecule has 0 aromatic carbocycles. The summed E-state index contributed by atoms with van der Waals surface area (Å²) in [6, 6.07) is 0. The highest BCUT2D eigenvalue weighted by Crippen LogP contribution is 2.35. The summed E-state index contributed by atoms with van der Waals surface area (Å²) in [7, 11) is 0. The Hall–Kier alpha value is -0.480. The van der Waals surface area contributed by atoms with Gasteiger partial charge in [0, 0.05) is 6.92 Å². The van der Waals surface area contributed by atoms with Crippen molar-refractivity contribution in [3.8, 4) is 0 Å². The summed E-state index contributed by atoms with van der Waals surface area (Å²) >= 11 is 10.8. The number of aromatic nitrogens is 2. The Labute approximate surface area is 77.5 Å². The van der Waals surface area contributed by atoms with E-state index in [1.807, 2.05) is 0 Å². The van der Waals surface area contributed by atoms with Crippen LogP contribution in [0.2, 0.25) is 10.2 Å². The minimum absolute atomic E-state index is 0.178. The van der Waals surface area contributed by atoms with Crippen molar-refractivity contribution in [1.29, 1.82) is 0 Å². The Balaban J connectivity index is 3.31. The second kappa shape index (κ2) is 3.11. The molecule has 0 unspecified atom stereocenters. The van der Waals surface area contributed by atoms with E-state index in [-0.39, 0.29) is 10.2 Å². The summed E-state index contributed by atoms with van der Waals surface area (Å²) in [6.07, 6.45) is 1.03. The molecular formula is C6H4Cl2F2N2. The molecule has 0 fully saturated rings. The first kappa shape index (κ1) is 9.61. The van der Waals surface area contributed by atoms with Crippen LogP contribution in [0.4, 0.5) is 8.78 Å². The summed E-state index contributed by atoms with van der Waals surface area (Å²) in [6.45, 7) is 0.696. The highest BCUT2D eigenvalue weighted by molar-refractivity contribution is 6.35. The fraction of sp³-hybridized carbons (Fsp3) is 0.333. The second-order valence-corrected chi connectivity index (χ2v) is 3.01. The van der Waals surface area contributed by atoms with Crippen LogP contribution in [0, 0.1) is 0 Å². The molecule has 0 aliphatic heterocycles. The lowest BCUT2D eigenvalue weighted by Crippen LogP contribution is -2.10. The van der Waals surface area contributed by atoms with Gasteiger partial charge in [-0.1, -0.05) is 23.2 Å². The number of nitrogens with zero attached hydrogens (tertiary/aromatic N) is 2. The summed E-state index contributed by atoms with van der Waals surface area (Å²) in [4.78, 5) is 0. The average molecular weight is 213 g/mol. The highest BCUT2D eigenvalue weighted by Gasteiger charge is 2.31. The van der Waals surface area contributed by atoms with Gasteiger partial charge in [-0.2, -0.15) is 5.10 Å². The van der Waals surface area contributed by atoms with E-state index < -0.39 is 11.5 Å². The normalized spacial score (nSPS) is 11.8. The van der Waals surface area contributed by atoms with E-state index in [0.29, 0.717) is 6.92 Å². The Morgan fingerprint density at radius 2 is 2.00 bits per heavy atom. The first-order valence-corrected chi connectivity index (χ1v) is 3.73. The third kappa shape index (κ3) is 1.81. The van der Waals surface area contributed by atoms with E-state index >= 15 is 0 Å². The van der Waals surface area contributed by atoms with Crippen molar-refractivity contribution in [2.45, 2.75) is 12.8 Å². The molecule has 0 aliphatic rings. The molecule has 1 aromatic rings. The van der Waals surface area contributed by atoms with E-state index in [0.717, 1.165) is 6.20 Å². The molecule has 0 aliphatic carbocycles. The van der Waals surface area contributed by atoms with Crippen molar-refractivity contribution in [3.63, 3.8) is 0 Å². The van der Waals surface area contributed by atoms with Crippen LogP contribution >= 0.6 is 23.2 Å². The van der Waals surface area contributed by atoms with Crippen molar-refractivity contribution < 1.29 is 8.78 Å². The lowest BCUT2D eigenvalue weighted by Gasteiger charge is -2.11. The van der Waals surface area contributed by atoms with Crippen molar-refractivity contribution >= 4 is 23.2 Å². The molecule has 0 spiro atoms. The van der Waals surface area contributed by atoms with Gasteiger partial charge >= 0.3 is 0 Å². The predicted octanol–water partition coefficient (Wildman–Crippen LogP) is 2.90. The van der Waals surface area contributed by atoms with Crippen LogP contribution in [0.5, 0.6) is 0 Å². The molecule has 1 heterocycles. The average Bonchev–Trinajstić information content (AvgIpc) is 1.82. The lowest BCUT2D eigenvalue weighted by atomic mass is 10.2. The predicted molar refractivity (Wildman–Crippen MR) is 41.6 cm³/mol. The van der Waals surface area contributed by atoms with Gasteiger partial charge in [-0.25, -0.2) is 8.78 Å². The van der Waals surface area contributed by atoms with Crippen LogP contribution < -0.4 is 0 Å². The van der Waals surface area contributed by atoms with Crippen molar-refractivity contribution in [2.24, 2.45) is 0 Å². The Morgan fingerprint density at radius 1 is 1.42 bits per heavy atom. The number of hydrogen-bond acceptors (Lipinski definition) is 2. The van der Waals surface area contributed by atoms with E-state index in [1.165, 1.54) is 0 Å². The highest BCUT2D eigenvalue weighted by atomic mass is 35.5. The zero-order valence-corrected chi connectivity index (χ0v) is 7.50. The van der Waals surface area contributed by atoms with Crippen molar-refractivity contribution in [1.82, 2.24) is 10.2 Å². The van der Waals surface area contributed by atoms with Crippen molar-refractivity contribution in [2.75, 3.05) is 0 Å². The number of halogens is 4. The maximum absolute atomic E-state index is 12.7. The molecule has 12 heavy (non-hydrogen) atoms. The first-order valence-electron chi connectivity index (χ1n) is 2.98. The van der Waals surface area contributed by atoms with Crippen LogP contribution in [0.1, 0.15) is 12.5 Å². The SMILES string of the molecule is CC(F)(F)c1c(Cl)cnnc1Cl. The Bertz CT molecular complexity index is 278. The molecule has 0 atom stereocenters. The van der Waals surface area contributed by atoms with Gasteiger partial charge in [0.1, 0.15) is 0 Å². The third-order valence-electron chi connectivity index (χ3n) is 1.20. The maximum atomic E-state index is 12.7. The van der Waals surface area contributed by atoms with Crippen molar-refractivity contribution in [3.05, 3.63) is 21.9 Å². The van der Waals surface area contributed by atoms with Crippen LogP contribution in [-0.2, 0) is 5.92 Å². The van der Waals surface area contributed by atoms with E-state index in [4.69, 9.17) is 23.2 Å². The molecule has 0 saturated carbocycles. The summed E-state index contributed by atoms with van der Waals surface area (Å²) in [5.74, 6) is -3.09. The third-order valence-corrected chi connectivity index (χ3v) is 1.75. The minimum atomic E-state index is -3.09. The van der Waals surface area contributed by atoms with Gasteiger partial charge in [-0.05, 0) is 0 Å². The lowest BCUT2D eigenvalue weighted by molar-refractivity contribution is 0.0172. The Kier molecular flexibility index (Phi) is 2.49. The van der Waals surface area contributed by atoms with E-state index in [1.54, 1.807) is 0 Å². The fourth-order valence-corrected chi connectivity index (χ4v) is 1.39. The molecule has 0 bridgehead atoms. The summed E-state index contributed by atoms with van der Waals surface area (Å²) in [5.41, 5.74) is -0.485. The topological polar surface area (TPSA) is 25.8 Å². The van der Waals surface area contributed by atoms with Gasteiger partial charge in [0.15, 0.2) is 5.15 Å². The summed E-state index contributed by atoms with van der Waals surface area (Å²) in [5, 5.41) is 6.02. The molecule has 6 heteroatoms. The molecule has 2 nitrogen and oxygen atoms in total. The van der Waals surface area contributed by atoms with Crippen LogP contribution in [0.15, 0.2) is 6.20 Å². The molecule has 1 rings (SSSR count). The van der Waals surface area contributed by atoms with Crippen LogP contribution in [0.25, 0.3) is 0 Å². The van der Waals surface area contributed by atoms with Gasteiger partial charge < -0.3 is 0 Å².